The Bertz CT molecular complexity index is 310. The number of Topliss-reactive ketones (excluding diaryl/α,β-unsaturated/α-hetero) is 1. The maximum atomic E-state index is 12.5. The molecule has 0 radical (unpaired) electrons. The number of likely N-dealkylation sites (tertiary alicyclic amines) is 1. The number of amides is 1. The summed E-state index contributed by atoms with van der Waals surface area (Å²) in [6.45, 7) is 3.84. The van der Waals surface area contributed by atoms with Gasteiger partial charge in [-0.3, -0.25) is 9.59 Å². The second-order valence-corrected chi connectivity index (χ2v) is 5.47. The molecule has 2 fully saturated rings. The first-order valence-corrected chi connectivity index (χ1v) is 7.06. The van der Waals surface area contributed by atoms with Gasteiger partial charge in [-0.25, -0.2) is 0 Å². The average Bonchev–Trinajstić information content (AvgIpc) is 2.39. The third kappa shape index (κ3) is 3.31. The van der Waals surface area contributed by atoms with Gasteiger partial charge in [-0.1, -0.05) is 0 Å². The molecule has 1 amide bonds. The van der Waals surface area contributed by atoms with Crippen LogP contribution in [-0.4, -0.2) is 42.4 Å². The normalized spacial score (nSPS) is 26.1. The third-order valence-corrected chi connectivity index (χ3v) is 4.00. The van der Waals surface area contributed by atoms with E-state index in [9.17, 15) is 9.59 Å². The van der Waals surface area contributed by atoms with Crippen LogP contribution in [0.5, 0.6) is 0 Å². The van der Waals surface area contributed by atoms with Crippen LogP contribution in [0.15, 0.2) is 0 Å². The molecular weight excluding hydrogens is 230 g/mol. The van der Waals surface area contributed by atoms with Crippen molar-refractivity contribution < 1.29 is 14.3 Å². The highest BCUT2D eigenvalue weighted by atomic mass is 16.5. The van der Waals surface area contributed by atoms with Gasteiger partial charge in [-0.05, 0) is 39.0 Å². The summed E-state index contributed by atoms with van der Waals surface area (Å²) in [5.41, 5.74) is 0. The fourth-order valence-corrected chi connectivity index (χ4v) is 3.01. The quantitative estimate of drug-likeness (QED) is 0.770. The van der Waals surface area contributed by atoms with Crippen LogP contribution in [0, 0.1) is 5.92 Å². The van der Waals surface area contributed by atoms with Gasteiger partial charge in [0.05, 0.1) is 0 Å². The van der Waals surface area contributed by atoms with Gasteiger partial charge in [0.1, 0.15) is 5.78 Å². The molecule has 0 bridgehead atoms. The van der Waals surface area contributed by atoms with Crippen LogP contribution >= 0.6 is 0 Å². The zero-order chi connectivity index (χ0) is 13.0. The van der Waals surface area contributed by atoms with Crippen molar-refractivity contribution in [2.45, 2.75) is 51.5 Å². The molecular formula is C14H23NO3. The van der Waals surface area contributed by atoms with E-state index in [1.54, 1.807) is 6.92 Å². The highest BCUT2D eigenvalue weighted by Gasteiger charge is 2.32. The van der Waals surface area contributed by atoms with E-state index in [0.29, 0.717) is 19.6 Å². The molecule has 2 aliphatic heterocycles. The van der Waals surface area contributed by atoms with Crippen molar-refractivity contribution in [1.82, 2.24) is 4.90 Å². The monoisotopic (exact) mass is 253 g/mol. The van der Waals surface area contributed by atoms with Crippen LogP contribution in [-0.2, 0) is 14.3 Å². The molecule has 0 N–H and O–H groups in total. The summed E-state index contributed by atoms with van der Waals surface area (Å²) in [5.74, 6) is 0.558. The number of hydrogen-bond donors (Lipinski definition) is 0. The predicted molar refractivity (Wildman–Crippen MR) is 68.2 cm³/mol. The van der Waals surface area contributed by atoms with Gasteiger partial charge in [0.25, 0.3) is 0 Å². The largest absolute Gasteiger partial charge is 0.381 e. The van der Waals surface area contributed by atoms with E-state index in [1.165, 1.54) is 0 Å². The molecule has 4 heteroatoms. The molecule has 0 aliphatic carbocycles. The molecule has 2 rings (SSSR count). The average molecular weight is 253 g/mol. The Morgan fingerprint density at radius 2 is 1.89 bits per heavy atom. The minimum atomic E-state index is 0.117. The van der Waals surface area contributed by atoms with Gasteiger partial charge in [0, 0.05) is 38.1 Å². The van der Waals surface area contributed by atoms with E-state index >= 15 is 0 Å². The summed E-state index contributed by atoms with van der Waals surface area (Å²) in [7, 11) is 0. The number of ether oxygens (including phenoxy) is 1. The minimum absolute atomic E-state index is 0.117. The first-order valence-electron chi connectivity index (χ1n) is 7.06. The number of carbonyl (C=O) groups is 2. The van der Waals surface area contributed by atoms with Crippen LogP contribution in [0.1, 0.15) is 45.4 Å². The molecule has 0 aromatic heterocycles. The molecule has 102 valence electrons. The van der Waals surface area contributed by atoms with E-state index in [0.717, 1.165) is 38.6 Å². The predicted octanol–water partition coefficient (Wildman–Crippen LogP) is 1.77. The first-order chi connectivity index (χ1) is 8.68. The van der Waals surface area contributed by atoms with Crippen molar-refractivity contribution in [3.63, 3.8) is 0 Å². The summed E-state index contributed by atoms with van der Waals surface area (Å²) < 4.78 is 5.30. The highest BCUT2D eigenvalue weighted by molar-refractivity contribution is 5.81. The van der Waals surface area contributed by atoms with Gasteiger partial charge >= 0.3 is 0 Å². The van der Waals surface area contributed by atoms with Crippen molar-refractivity contribution in [1.29, 1.82) is 0 Å². The molecule has 0 spiro atoms. The molecule has 18 heavy (non-hydrogen) atoms. The fourth-order valence-electron chi connectivity index (χ4n) is 3.01. The van der Waals surface area contributed by atoms with E-state index in [4.69, 9.17) is 4.74 Å². The Labute approximate surface area is 109 Å². The van der Waals surface area contributed by atoms with Gasteiger partial charge in [-0.2, -0.15) is 0 Å². The van der Waals surface area contributed by atoms with E-state index < -0.39 is 0 Å². The maximum absolute atomic E-state index is 12.5. The lowest BCUT2D eigenvalue weighted by atomic mass is 9.93. The molecule has 4 nitrogen and oxygen atoms in total. The molecule has 0 saturated carbocycles. The SMILES string of the molecule is CC(=O)CC1CCCCN1C(=O)C1CCOCC1. The lowest BCUT2D eigenvalue weighted by Gasteiger charge is -2.38. The van der Waals surface area contributed by atoms with Crippen LogP contribution in [0.25, 0.3) is 0 Å². The second-order valence-electron chi connectivity index (χ2n) is 5.47. The number of carbonyl (C=O) groups excluding carboxylic acids is 2. The Morgan fingerprint density at radius 1 is 1.17 bits per heavy atom. The summed E-state index contributed by atoms with van der Waals surface area (Å²) in [4.78, 5) is 25.8. The summed E-state index contributed by atoms with van der Waals surface area (Å²) >= 11 is 0. The maximum Gasteiger partial charge on any atom is 0.226 e. The number of rotatable bonds is 3. The van der Waals surface area contributed by atoms with Gasteiger partial charge < -0.3 is 9.64 Å². The molecule has 0 aromatic carbocycles. The number of nitrogens with zero attached hydrogens (tertiary/aromatic N) is 1. The van der Waals surface area contributed by atoms with Crippen molar-refractivity contribution >= 4 is 11.7 Å². The Kier molecular flexibility index (Phi) is 4.75. The Balaban J connectivity index is 1.98. The van der Waals surface area contributed by atoms with Gasteiger partial charge in [-0.15, -0.1) is 0 Å². The van der Waals surface area contributed by atoms with Gasteiger partial charge in [0.2, 0.25) is 5.91 Å². The summed E-state index contributed by atoms with van der Waals surface area (Å²) in [6, 6.07) is 0.145. The summed E-state index contributed by atoms with van der Waals surface area (Å²) in [5, 5.41) is 0. The van der Waals surface area contributed by atoms with Crippen LogP contribution in [0.3, 0.4) is 0 Å². The van der Waals surface area contributed by atoms with Crippen molar-refractivity contribution in [3.05, 3.63) is 0 Å². The minimum Gasteiger partial charge on any atom is -0.381 e. The zero-order valence-corrected chi connectivity index (χ0v) is 11.2. The number of piperidine rings is 1. The molecule has 1 atom stereocenters. The zero-order valence-electron chi connectivity index (χ0n) is 11.2. The molecule has 1 unspecified atom stereocenters. The van der Waals surface area contributed by atoms with Crippen LogP contribution in [0.4, 0.5) is 0 Å². The lowest BCUT2D eigenvalue weighted by molar-refractivity contribution is -0.143. The standard InChI is InChI=1S/C14H23NO3/c1-11(16)10-13-4-2-3-7-15(13)14(17)12-5-8-18-9-6-12/h12-13H,2-10H2,1H3. The topological polar surface area (TPSA) is 46.6 Å². The van der Waals surface area contributed by atoms with Crippen molar-refractivity contribution in [3.8, 4) is 0 Å². The van der Waals surface area contributed by atoms with Crippen molar-refractivity contribution in [2.75, 3.05) is 19.8 Å². The first kappa shape index (κ1) is 13.5. The fraction of sp³-hybridized carbons (Fsp3) is 0.857. The molecule has 2 aliphatic rings. The van der Waals surface area contributed by atoms with Gasteiger partial charge in [0.15, 0.2) is 0 Å². The lowest BCUT2D eigenvalue weighted by Crippen LogP contribution is -2.48. The number of ketones is 1. The Morgan fingerprint density at radius 3 is 2.56 bits per heavy atom. The molecule has 0 aromatic rings. The van der Waals surface area contributed by atoms with Crippen LogP contribution in [0.2, 0.25) is 0 Å². The van der Waals surface area contributed by atoms with Crippen molar-refractivity contribution in [2.24, 2.45) is 5.92 Å². The van der Waals surface area contributed by atoms with E-state index in [1.807, 2.05) is 4.90 Å². The van der Waals surface area contributed by atoms with E-state index in [-0.39, 0.29) is 23.7 Å². The number of hydrogen-bond acceptors (Lipinski definition) is 3. The van der Waals surface area contributed by atoms with E-state index in [2.05, 4.69) is 0 Å². The molecule has 2 heterocycles. The summed E-state index contributed by atoms with van der Waals surface area (Å²) in [6.07, 6.45) is 5.38. The third-order valence-electron chi connectivity index (χ3n) is 4.00. The second kappa shape index (κ2) is 6.32. The van der Waals surface area contributed by atoms with Crippen LogP contribution < -0.4 is 0 Å². The highest BCUT2D eigenvalue weighted by Crippen LogP contribution is 2.25. The smallest absolute Gasteiger partial charge is 0.226 e. The molecule has 2 saturated heterocycles. The Hall–Kier alpha value is -0.900.